The Balaban J connectivity index is 2.04. The van der Waals surface area contributed by atoms with Crippen molar-refractivity contribution >= 4 is 23.6 Å². The molecule has 1 saturated carbocycles. The third kappa shape index (κ3) is 2.63. The quantitative estimate of drug-likeness (QED) is 0.767. The summed E-state index contributed by atoms with van der Waals surface area (Å²) in [5, 5.41) is 8.83. The van der Waals surface area contributed by atoms with Crippen LogP contribution in [-0.2, 0) is 21.4 Å². The number of nitrogens with zero attached hydrogens (tertiary/aromatic N) is 2. The smallest absolute Gasteiger partial charge is 0.407 e. The third-order valence-corrected chi connectivity index (χ3v) is 3.33. The van der Waals surface area contributed by atoms with Crippen LogP contribution in [0, 0.1) is 0 Å². The molecule has 0 atom stereocenters. The predicted molar refractivity (Wildman–Crippen MR) is 69.0 cm³/mol. The first-order valence-corrected chi connectivity index (χ1v) is 6.18. The highest BCUT2D eigenvalue weighted by Gasteiger charge is 2.48. The Morgan fingerprint density at radius 2 is 2.10 bits per heavy atom. The first-order valence-electron chi connectivity index (χ1n) is 6.18. The lowest BCUT2D eigenvalue weighted by Crippen LogP contribution is -2.61. The molecule has 108 valence electrons. The number of hydrogen-bond acceptors (Lipinski definition) is 5. The van der Waals surface area contributed by atoms with Crippen LogP contribution in [0.15, 0.2) is 12.3 Å². The SMILES string of the molecule is COC(=O)NC1(C(=O)C(=O)Nc2ccn(C)n2)CCC1. The van der Waals surface area contributed by atoms with Crippen molar-refractivity contribution in [3.8, 4) is 0 Å². The number of aromatic nitrogens is 2. The van der Waals surface area contributed by atoms with Gasteiger partial charge >= 0.3 is 6.09 Å². The number of amides is 2. The van der Waals surface area contributed by atoms with Crippen LogP contribution in [-0.4, -0.2) is 40.2 Å². The second kappa shape index (κ2) is 5.32. The summed E-state index contributed by atoms with van der Waals surface area (Å²) >= 11 is 0. The zero-order chi connectivity index (χ0) is 14.8. The highest BCUT2D eigenvalue weighted by molar-refractivity contribution is 6.44. The van der Waals surface area contributed by atoms with Gasteiger partial charge in [0.05, 0.1) is 7.11 Å². The van der Waals surface area contributed by atoms with Crippen molar-refractivity contribution in [3.63, 3.8) is 0 Å². The molecule has 8 nitrogen and oxygen atoms in total. The number of methoxy groups -OCH3 is 1. The maximum absolute atomic E-state index is 12.2. The van der Waals surface area contributed by atoms with E-state index < -0.39 is 23.3 Å². The topological polar surface area (TPSA) is 102 Å². The van der Waals surface area contributed by atoms with E-state index in [-0.39, 0.29) is 0 Å². The first-order chi connectivity index (χ1) is 9.47. The van der Waals surface area contributed by atoms with Gasteiger partial charge in [-0.3, -0.25) is 14.3 Å². The molecule has 0 saturated heterocycles. The van der Waals surface area contributed by atoms with Gasteiger partial charge in [-0.05, 0) is 19.3 Å². The minimum atomic E-state index is -1.15. The summed E-state index contributed by atoms with van der Waals surface area (Å²) in [4.78, 5) is 35.4. The fourth-order valence-corrected chi connectivity index (χ4v) is 2.06. The molecule has 1 fully saturated rings. The summed E-state index contributed by atoms with van der Waals surface area (Å²) < 4.78 is 5.99. The van der Waals surface area contributed by atoms with Crippen molar-refractivity contribution in [1.82, 2.24) is 15.1 Å². The van der Waals surface area contributed by atoms with Crippen LogP contribution in [0.1, 0.15) is 19.3 Å². The van der Waals surface area contributed by atoms with Gasteiger partial charge in [0.1, 0.15) is 5.54 Å². The molecule has 2 amide bonds. The number of alkyl carbamates (subject to hydrolysis) is 1. The third-order valence-electron chi connectivity index (χ3n) is 3.33. The predicted octanol–water partition coefficient (Wildman–Crippen LogP) is 0.206. The second-order valence-electron chi connectivity index (χ2n) is 4.71. The lowest BCUT2D eigenvalue weighted by Gasteiger charge is -2.39. The number of hydrogen-bond donors (Lipinski definition) is 2. The Kier molecular flexibility index (Phi) is 3.73. The van der Waals surface area contributed by atoms with Crippen molar-refractivity contribution < 1.29 is 19.1 Å². The van der Waals surface area contributed by atoms with Crippen molar-refractivity contribution in [2.24, 2.45) is 7.05 Å². The van der Waals surface area contributed by atoms with E-state index in [4.69, 9.17) is 0 Å². The average Bonchev–Trinajstić information content (AvgIpc) is 2.78. The number of carbonyl (C=O) groups excluding carboxylic acids is 3. The lowest BCUT2D eigenvalue weighted by atomic mass is 9.73. The summed E-state index contributed by atoms with van der Waals surface area (Å²) in [5.74, 6) is -1.18. The summed E-state index contributed by atoms with van der Waals surface area (Å²) in [7, 11) is 2.91. The molecule has 0 aromatic carbocycles. The monoisotopic (exact) mass is 280 g/mol. The standard InChI is InChI=1S/C12H16N4O4/c1-16-7-4-8(15-16)13-10(18)9(17)12(5-3-6-12)14-11(19)20-2/h4,7H,3,5-6H2,1-2H3,(H,14,19)(H,13,15,18). The van der Waals surface area contributed by atoms with Crippen LogP contribution >= 0.6 is 0 Å². The van der Waals surface area contributed by atoms with E-state index in [2.05, 4.69) is 20.5 Å². The van der Waals surface area contributed by atoms with Gasteiger partial charge in [-0.2, -0.15) is 5.10 Å². The van der Waals surface area contributed by atoms with Gasteiger partial charge in [0.2, 0.25) is 5.78 Å². The zero-order valence-corrected chi connectivity index (χ0v) is 11.3. The van der Waals surface area contributed by atoms with Crippen LogP contribution in [0.4, 0.5) is 10.6 Å². The molecule has 0 unspecified atom stereocenters. The maximum Gasteiger partial charge on any atom is 0.407 e. The van der Waals surface area contributed by atoms with Crippen LogP contribution in [0.3, 0.4) is 0 Å². The summed E-state index contributed by atoms with van der Waals surface area (Å²) in [6.45, 7) is 0. The molecule has 0 bridgehead atoms. The number of ketones is 1. The molecular formula is C12H16N4O4. The molecule has 1 aromatic rings. The van der Waals surface area contributed by atoms with Gasteiger partial charge < -0.3 is 15.4 Å². The van der Waals surface area contributed by atoms with E-state index in [9.17, 15) is 14.4 Å². The van der Waals surface area contributed by atoms with Crippen LogP contribution in [0.5, 0.6) is 0 Å². The van der Waals surface area contributed by atoms with E-state index in [0.717, 1.165) is 6.42 Å². The Morgan fingerprint density at radius 1 is 1.40 bits per heavy atom. The Hall–Kier alpha value is -2.38. The highest BCUT2D eigenvalue weighted by Crippen LogP contribution is 2.33. The summed E-state index contributed by atoms with van der Waals surface area (Å²) in [5.41, 5.74) is -1.15. The molecule has 0 radical (unpaired) electrons. The number of rotatable bonds is 4. The molecule has 1 heterocycles. The number of aryl methyl sites for hydroxylation is 1. The first kappa shape index (κ1) is 14.0. The largest absolute Gasteiger partial charge is 0.453 e. The van der Waals surface area contributed by atoms with Crippen molar-refractivity contribution in [2.45, 2.75) is 24.8 Å². The van der Waals surface area contributed by atoms with Gasteiger partial charge in [0.15, 0.2) is 5.82 Å². The maximum atomic E-state index is 12.2. The van der Waals surface area contributed by atoms with Crippen LogP contribution < -0.4 is 10.6 Å². The van der Waals surface area contributed by atoms with Gasteiger partial charge in [0.25, 0.3) is 5.91 Å². The van der Waals surface area contributed by atoms with Gasteiger partial charge in [-0.1, -0.05) is 0 Å². The number of nitrogens with one attached hydrogen (secondary N) is 2. The highest BCUT2D eigenvalue weighted by atomic mass is 16.5. The molecule has 1 aliphatic rings. The van der Waals surface area contributed by atoms with E-state index in [1.165, 1.54) is 11.8 Å². The molecule has 2 N–H and O–H groups in total. The fourth-order valence-electron chi connectivity index (χ4n) is 2.06. The van der Waals surface area contributed by atoms with Crippen molar-refractivity contribution in [1.29, 1.82) is 0 Å². The second-order valence-corrected chi connectivity index (χ2v) is 4.71. The molecule has 8 heteroatoms. The van der Waals surface area contributed by atoms with E-state index in [0.29, 0.717) is 18.7 Å². The molecule has 1 aliphatic carbocycles. The molecule has 1 aromatic heterocycles. The molecule has 0 aliphatic heterocycles. The summed E-state index contributed by atoms with van der Waals surface area (Å²) in [6, 6.07) is 1.58. The number of Topliss-reactive ketones (excluding diaryl/α,β-unsaturated/α-hetero) is 1. The molecule has 0 spiro atoms. The van der Waals surface area contributed by atoms with Crippen LogP contribution in [0.25, 0.3) is 0 Å². The number of carbonyl (C=O) groups is 3. The minimum Gasteiger partial charge on any atom is -0.453 e. The minimum absolute atomic E-state index is 0.290. The van der Waals surface area contributed by atoms with Crippen molar-refractivity contribution in [3.05, 3.63) is 12.3 Å². The number of anilines is 1. The normalized spacial score (nSPS) is 15.9. The van der Waals surface area contributed by atoms with Gasteiger partial charge in [-0.15, -0.1) is 0 Å². The summed E-state index contributed by atoms with van der Waals surface area (Å²) in [6.07, 6.45) is 2.55. The molecular weight excluding hydrogens is 264 g/mol. The number of ether oxygens (including phenoxy) is 1. The van der Waals surface area contributed by atoms with Gasteiger partial charge in [0, 0.05) is 19.3 Å². The van der Waals surface area contributed by atoms with Crippen molar-refractivity contribution in [2.75, 3.05) is 12.4 Å². The zero-order valence-electron chi connectivity index (χ0n) is 11.3. The Bertz CT molecular complexity index is 547. The Labute approximate surface area is 115 Å². The molecule has 2 rings (SSSR count). The van der Waals surface area contributed by atoms with E-state index >= 15 is 0 Å². The van der Waals surface area contributed by atoms with Gasteiger partial charge in [-0.25, -0.2) is 4.79 Å². The van der Waals surface area contributed by atoms with E-state index in [1.54, 1.807) is 19.3 Å². The Morgan fingerprint density at radius 3 is 2.55 bits per heavy atom. The van der Waals surface area contributed by atoms with E-state index in [1.807, 2.05) is 0 Å². The average molecular weight is 280 g/mol. The lowest BCUT2D eigenvalue weighted by molar-refractivity contribution is -0.141. The van der Waals surface area contributed by atoms with Crippen LogP contribution in [0.2, 0.25) is 0 Å². The fraction of sp³-hybridized carbons (Fsp3) is 0.500. The molecule has 20 heavy (non-hydrogen) atoms.